The predicted molar refractivity (Wildman–Crippen MR) is 79.2 cm³/mol. The number of carbonyl (C=O) groups excluding carboxylic acids is 1. The molecule has 2 saturated heterocycles. The second kappa shape index (κ2) is 8.67. The van der Waals surface area contributed by atoms with Gasteiger partial charge in [-0.2, -0.15) is 0 Å². The highest BCUT2D eigenvalue weighted by Crippen LogP contribution is 2.20. The Balaban J connectivity index is 0.000000434. The van der Waals surface area contributed by atoms with Crippen molar-refractivity contribution in [2.75, 3.05) is 26.3 Å². The molecule has 2 atom stereocenters. The number of carbonyl (C=O) groups is 1. The molecule has 0 saturated carbocycles. The lowest BCUT2D eigenvalue weighted by atomic mass is 10.1. The van der Waals surface area contributed by atoms with Crippen LogP contribution in [0, 0.1) is 0 Å². The monoisotopic (exact) mass is 310 g/mol. The molecule has 0 bridgehead atoms. The molecular formula is C13H27ClN2O4. The number of likely N-dealkylation sites (tertiary alicyclic amines) is 1. The molecule has 0 radical (unpaired) electrons. The van der Waals surface area contributed by atoms with Crippen LogP contribution in [0.15, 0.2) is 0 Å². The van der Waals surface area contributed by atoms with Crippen LogP contribution >= 0.6 is 12.4 Å². The van der Waals surface area contributed by atoms with Crippen LogP contribution in [0.5, 0.6) is 0 Å². The molecule has 20 heavy (non-hydrogen) atoms. The molecule has 2 aliphatic rings. The van der Waals surface area contributed by atoms with E-state index in [4.69, 9.17) is 14.9 Å². The predicted octanol–water partition coefficient (Wildman–Crippen LogP) is 0.751. The lowest BCUT2D eigenvalue weighted by molar-refractivity contribution is -0.0166. The highest BCUT2D eigenvalue weighted by Gasteiger charge is 2.34. The average Bonchev–Trinajstić information content (AvgIpc) is 2.12. The SMILES string of the molecule is CC(C)(C)OC(=O)N1CC[C@H]1CO.Cl.OC[C@@H]1CCN1. The molecule has 2 heterocycles. The zero-order valence-corrected chi connectivity index (χ0v) is 13.3. The van der Waals surface area contributed by atoms with E-state index in [1.807, 2.05) is 20.8 Å². The maximum Gasteiger partial charge on any atom is 0.410 e. The maximum absolute atomic E-state index is 11.4. The Morgan fingerprint density at radius 1 is 1.30 bits per heavy atom. The Morgan fingerprint density at radius 2 is 1.90 bits per heavy atom. The van der Waals surface area contributed by atoms with Crippen LogP contribution < -0.4 is 5.32 Å². The van der Waals surface area contributed by atoms with Gasteiger partial charge >= 0.3 is 6.09 Å². The smallest absolute Gasteiger partial charge is 0.410 e. The van der Waals surface area contributed by atoms with Gasteiger partial charge in [0.15, 0.2) is 0 Å². The second-order valence-corrected chi connectivity index (χ2v) is 5.92. The summed E-state index contributed by atoms with van der Waals surface area (Å²) in [7, 11) is 0. The van der Waals surface area contributed by atoms with Crippen molar-refractivity contribution < 1.29 is 19.7 Å². The summed E-state index contributed by atoms with van der Waals surface area (Å²) in [5.74, 6) is 0. The van der Waals surface area contributed by atoms with Crippen molar-refractivity contribution >= 4 is 18.5 Å². The van der Waals surface area contributed by atoms with E-state index in [2.05, 4.69) is 5.32 Å². The zero-order chi connectivity index (χ0) is 14.5. The van der Waals surface area contributed by atoms with Crippen LogP contribution in [0.3, 0.4) is 0 Å². The molecule has 6 nitrogen and oxygen atoms in total. The summed E-state index contributed by atoms with van der Waals surface area (Å²) < 4.78 is 5.15. The Labute approximate surface area is 126 Å². The number of rotatable bonds is 2. The first-order chi connectivity index (χ1) is 8.87. The Bertz CT molecular complexity index is 288. The van der Waals surface area contributed by atoms with Gasteiger partial charge in [0, 0.05) is 12.6 Å². The standard InChI is InChI=1S/C9H17NO3.C4H9NO.ClH/c1-9(2,3)13-8(12)10-5-4-7(10)6-11;6-3-4-1-2-5-4;/h7,11H,4-6H2,1-3H3;4-6H,1-3H2;1H/t7-;4-;/m00./s1. The molecule has 1 amide bonds. The van der Waals surface area contributed by atoms with Gasteiger partial charge in [0.25, 0.3) is 0 Å². The number of nitrogens with one attached hydrogen (secondary N) is 1. The Hall–Kier alpha value is -0.560. The molecule has 2 rings (SSSR count). The fraction of sp³-hybridized carbons (Fsp3) is 0.923. The van der Waals surface area contributed by atoms with Gasteiger partial charge in [-0.3, -0.25) is 0 Å². The van der Waals surface area contributed by atoms with Crippen LogP contribution in [0.1, 0.15) is 33.6 Å². The van der Waals surface area contributed by atoms with Crippen molar-refractivity contribution in [1.82, 2.24) is 10.2 Å². The minimum atomic E-state index is -0.452. The van der Waals surface area contributed by atoms with E-state index in [9.17, 15) is 4.79 Å². The molecule has 0 unspecified atom stereocenters. The van der Waals surface area contributed by atoms with Crippen LogP contribution in [0.2, 0.25) is 0 Å². The highest BCUT2D eigenvalue weighted by molar-refractivity contribution is 5.85. The fourth-order valence-electron chi connectivity index (χ4n) is 1.70. The molecule has 0 aliphatic carbocycles. The number of halogens is 1. The van der Waals surface area contributed by atoms with Crippen LogP contribution in [-0.4, -0.2) is 65.2 Å². The van der Waals surface area contributed by atoms with Crippen LogP contribution in [-0.2, 0) is 4.74 Å². The fourth-order valence-corrected chi connectivity index (χ4v) is 1.70. The van der Waals surface area contributed by atoms with E-state index in [1.54, 1.807) is 4.90 Å². The largest absolute Gasteiger partial charge is 0.444 e. The third kappa shape index (κ3) is 6.26. The van der Waals surface area contributed by atoms with E-state index in [0.29, 0.717) is 19.2 Å². The van der Waals surface area contributed by atoms with E-state index >= 15 is 0 Å². The van der Waals surface area contributed by atoms with Crippen molar-refractivity contribution in [1.29, 1.82) is 0 Å². The molecule has 120 valence electrons. The van der Waals surface area contributed by atoms with Gasteiger partial charge in [0.1, 0.15) is 5.60 Å². The Morgan fingerprint density at radius 3 is 2.10 bits per heavy atom. The van der Waals surface area contributed by atoms with Crippen LogP contribution in [0.25, 0.3) is 0 Å². The zero-order valence-electron chi connectivity index (χ0n) is 12.5. The summed E-state index contributed by atoms with van der Waals surface area (Å²) in [6.45, 7) is 7.61. The molecule has 2 fully saturated rings. The van der Waals surface area contributed by atoms with Gasteiger partial charge in [0.05, 0.1) is 19.3 Å². The summed E-state index contributed by atoms with van der Waals surface area (Å²) in [6.07, 6.45) is 1.70. The van der Waals surface area contributed by atoms with E-state index in [-0.39, 0.29) is 31.1 Å². The van der Waals surface area contributed by atoms with E-state index < -0.39 is 5.60 Å². The average molecular weight is 311 g/mol. The molecule has 3 N–H and O–H groups in total. The van der Waals surface area contributed by atoms with E-state index in [1.165, 1.54) is 0 Å². The third-order valence-corrected chi connectivity index (χ3v) is 3.13. The van der Waals surface area contributed by atoms with E-state index in [0.717, 1.165) is 19.4 Å². The normalized spacial score (nSPS) is 24.4. The number of hydrogen-bond donors (Lipinski definition) is 3. The number of aliphatic hydroxyl groups is 2. The molecule has 0 aromatic rings. The number of hydrogen-bond acceptors (Lipinski definition) is 5. The second-order valence-electron chi connectivity index (χ2n) is 5.92. The topological polar surface area (TPSA) is 82.0 Å². The molecule has 0 aromatic carbocycles. The van der Waals surface area contributed by atoms with Crippen molar-refractivity contribution in [3.05, 3.63) is 0 Å². The van der Waals surface area contributed by atoms with Gasteiger partial charge in [0.2, 0.25) is 0 Å². The third-order valence-electron chi connectivity index (χ3n) is 3.13. The molecule has 2 aliphatic heterocycles. The van der Waals surface area contributed by atoms with Gasteiger partial charge in [-0.15, -0.1) is 12.4 Å². The highest BCUT2D eigenvalue weighted by atomic mass is 35.5. The van der Waals surface area contributed by atoms with Crippen molar-refractivity contribution in [3.8, 4) is 0 Å². The Kier molecular flexibility index (Phi) is 8.42. The van der Waals surface area contributed by atoms with Gasteiger partial charge < -0.3 is 25.2 Å². The molecular weight excluding hydrogens is 284 g/mol. The summed E-state index contributed by atoms with van der Waals surface area (Å²) in [6, 6.07) is 0.389. The maximum atomic E-state index is 11.4. The number of ether oxygens (including phenoxy) is 1. The number of nitrogens with zero attached hydrogens (tertiary/aromatic N) is 1. The molecule has 0 spiro atoms. The first kappa shape index (κ1) is 19.4. The van der Waals surface area contributed by atoms with Crippen molar-refractivity contribution in [2.45, 2.75) is 51.3 Å². The minimum absolute atomic E-state index is 0. The molecule has 0 aromatic heterocycles. The first-order valence-corrected chi connectivity index (χ1v) is 6.82. The minimum Gasteiger partial charge on any atom is -0.444 e. The summed E-state index contributed by atoms with van der Waals surface area (Å²) >= 11 is 0. The lowest BCUT2D eigenvalue weighted by Crippen LogP contribution is -2.54. The van der Waals surface area contributed by atoms with Crippen molar-refractivity contribution in [3.63, 3.8) is 0 Å². The summed E-state index contributed by atoms with van der Waals surface area (Å²) in [4.78, 5) is 13.0. The molecule has 7 heteroatoms. The summed E-state index contributed by atoms with van der Waals surface area (Å²) in [5.41, 5.74) is -0.452. The number of amides is 1. The van der Waals surface area contributed by atoms with Gasteiger partial charge in [-0.1, -0.05) is 0 Å². The van der Waals surface area contributed by atoms with Crippen LogP contribution in [0.4, 0.5) is 4.79 Å². The lowest BCUT2D eigenvalue weighted by Gasteiger charge is -2.40. The quantitative estimate of drug-likeness (QED) is 0.701. The van der Waals surface area contributed by atoms with Crippen molar-refractivity contribution in [2.24, 2.45) is 0 Å². The number of aliphatic hydroxyl groups excluding tert-OH is 2. The first-order valence-electron chi connectivity index (χ1n) is 6.82. The summed E-state index contributed by atoms with van der Waals surface area (Å²) in [5, 5.41) is 20.2. The van der Waals surface area contributed by atoms with Gasteiger partial charge in [-0.05, 0) is 40.2 Å². The van der Waals surface area contributed by atoms with Gasteiger partial charge in [-0.25, -0.2) is 4.79 Å².